The molecule has 1 aliphatic rings. The first-order valence-corrected chi connectivity index (χ1v) is 7.29. The van der Waals surface area contributed by atoms with Gasteiger partial charge in [0.1, 0.15) is 0 Å². The first kappa shape index (κ1) is 14.4. The maximum absolute atomic E-state index is 5.73. The van der Waals surface area contributed by atoms with Crippen molar-refractivity contribution in [2.75, 3.05) is 38.3 Å². The van der Waals surface area contributed by atoms with Gasteiger partial charge in [-0.1, -0.05) is 17.7 Å². The van der Waals surface area contributed by atoms with Gasteiger partial charge < -0.3 is 15.4 Å². The number of rotatable bonds is 5. The number of aryl methyl sites for hydroxylation is 1. The zero-order valence-electron chi connectivity index (χ0n) is 12.2. The SMILES string of the molecule is Cc1ccc(N(C)CC2CCOCC2)c(CCN)c1. The molecule has 2 rings (SSSR count). The predicted molar refractivity (Wildman–Crippen MR) is 80.8 cm³/mol. The number of hydrogen-bond acceptors (Lipinski definition) is 3. The predicted octanol–water partition coefficient (Wildman–Crippen LogP) is 2.36. The van der Waals surface area contributed by atoms with Crippen molar-refractivity contribution >= 4 is 5.69 Å². The summed E-state index contributed by atoms with van der Waals surface area (Å²) in [6, 6.07) is 6.69. The molecule has 0 amide bonds. The van der Waals surface area contributed by atoms with Crippen LogP contribution in [0.4, 0.5) is 5.69 Å². The molecule has 0 aliphatic carbocycles. The molecule has 3 nitrogen and oxygen atoms in total. The van der Waals surface area contributed by atoms with E-state index in [9.17, 15) is 0 Å². The smallest absolute Gasteiger partial charge is 0.0469 e. The molecule has 2 N–H and O–H groups in total. The van der Waals surface area contributed by atoms with Gasteiger partial charge in [0, 0.05) is 32.5 Å². The Morgan fingerprint density at radius 2 is 2.05 bits per heavy atom. The number of nitrogens with two attached hydrogens (primary N) is 1. The molecule has 1 saturated heterocycles. The Hall–Kier alpha value is -1.06. The molecule has 0 bridgehead atoms. The molecule has 0 aromatic heterocycles. The van der Waals surface area contributed by atoms with Gasteiger partial charge in [0.15, 0.2) is 0 Å². The van der Waals surface area contributed by atoms with E-state index in [1.165, 1.54) is 29.7 Å². The van der Waals surface area contributed by atoms with Crippen LogP contribution in [0, 0.1) is 12.8 Å². The van der Waals surface area contributed by atoms with E-state index in [2.05, 4.69) is 37.1 Å². The Morgan fingerprint density at radius 1 is 1.32 bits per heavy atom. The van der Waals surface area contributed by atoms with Crippen molar-refractivity contribution in [1.82, 2.24) is 0 Å². The second kappa shape index (κ2) is 6.92. The van der Waals surface area contributed by atoms with E-state index in [-0.39, 0.29) is 0 Å². The van der Waals surface area contributed by atoms with Gasteiger partial charge >= 0.3 is 0 Å². The van der Waals surface area contributed by atoms with Crippen LogP contribution in [-0.2, 0) is 11.2 Å². The largest absolute Gasteiger partial charge is 0.381 e. The topological polar surface area (TPSA) is 38.5 Å². The molecular weight excluding hydrogens is 236 g/mol. The summed E-state index contributed by atoms with van der Waals surface area (Å²) in [7, 11) is 2.19. The molecule has 1 aromatic rings. The highest BCUT2D eigenvalue weighted by molar-refractivity contribution is 5.54. The Morgan fingerprint density at radius 3 is 2.74 bits per heavy atom. The van der Waals surface area contributed by atoms with Crippen molar-refractivity contribution in [3.63, 3.8) is 0 Å². The van der Waals surface area contributed by atoms with Crippen LogP contribution in [0.5, 0.6) is 0 Å². The van der Waals surface area contributed by atoms with Crippen molar-refractivity contribution < 1.29 is 4.74 Å². The lowest BCUT2D eigenvalue weighted by atomic mass is 9.98. The minimum absolute atomic E-state index is 0.710. The number of nitrogens with zero attached hydrogens (tertiary/aromatic N) is 1. The fourth-order valence-corrected chi connectivity index (χ4v) is 2.86. The van der Waals surface area contributed by atoms with Crippen LogP contribution in [0.2, 0.25) is 0 Å². The quantitative estimate of drug-likeness (QED) is 0.885. The van der Waals surface area contributed by atoms with Gasteiger partial charge in [0.05, 0.1) is 0 Å². The fourth-order valence-electron chi connectivity index (χ4n) is 2.86. The van der Waals surface area contributed by atoms with Crippen molar-refractivity contribution in [1.29, 1.82) is 0 Å². The van der Waals surface area contributed by atoms with Crippen LogP contribution in [0.25, 0.3) is 0 Å². The van der Waals surface area contributed by atoms with Crippen LogP contribution in [0.3, 0.4) is 0 Å². The van der Waals surface area contributed by atoms with Gasteiger partial charge in [0.2, 0.25) is 0 Å². The second-order valence-corrected chi connectivity index (χ2v) is 5.61. The highest BCUT2D eigenvalue weighted by atomic mass is 16.5. The standard InChI is InChI=1S/C16H26N2O/c1-13-3-4-16(15(11-13)5-8-17)18(2)12-14-6-9-19-10-7-14/h3-4,11,14H,5-10,12,17H2,1-2H3. The highest BCUT2D eigenvalue weighted by Gasteiger charge is 2.17. The lowest BCUT2D eigenvalue weighted by Gasteiger charge is -2.30. The molecule has 1 aromatic carbocycles. The summed E-state index contributed by atoms with van der Waals surface area (Å²) in [5.74, 6) is 0.755. The Kier molecular flexibility index (Phi) is 5.23. The van der Waals surface area contributed by atoms with Crippen LogP contribution in [-0.4, -0.2) is 33.4 Å². The normalized spacial score (nSPS) is 16.6. The van der Waals surface area contributed by atoms with Crippen molar-refractivity contribution in [2.45, 2.75) is 26.2 Å². The summed E-state index contributed by atoms with van der Waals surface area (Å²) in [6.45, 7) is 5.80. The Balaban J connectivity index is 2.06. The monoisotopic (exact) mass is 262 g/mol. The van der Waals surface area contributed by atoms with E-state index in [0.717, 1.165) is 32.1 Å². The van der Waals surface area contributed by atoms with Crippen LogP contribution in [0.15, 0.2) is 18.2 Å². The molecular formula is C16H26N2O. The van der Waals surface area contributed by atoms with E-state index in [1.807, 2.05) is 0 Å². The third-order valence-corrected chi connectivity index (χ3v) is 3.93. The minimum Gasteiger partial charge on any atom is -0.381 e. The van der Waals surface area contributed by atoms with Gasteiger partial charge in [-0.2, -0.15) is 0 Å². The fraction of sp³-hybridized carbons (Fsp3) is 0.625. The average molecular weight is 262 g/mol. The van der Waals surface area contributed by atoms with E-state index in [1.54, 1.807) is 0 Å². The first-order chi connectivity index (χ1) is 9.20. The first-order valence-electron chi connectivity index (χ1n) is 7.29. The zero-order valence-corrected chi connectivity index (χ0v) is 12.2. The zero-order chi connectivity index (χ0) is 13.7. The van der Waals surface area contributed by atoms with Crippen LogP contribution in [0.1, 0.15) is 24.0 Å². The van der Waals surface area contributed by atoms with E-state index in [0.29, 0.717) is 6.54 Å². The third-order valence-electron chi connectivity index (χ3n) is 3.93. The van der Waals surface area contributed by atoms with Gasteiger partial charge in [-0.25, -0.2) is 0 Å². The number of hydrogen-bond donors (Lipinski definition) is 1. The maximum atomic E-state index is 5.73. The molecule has 106 valence electrons. The molecule has 0 atom stereocenters. The highest BCUT2D eigenvalue weighted by Crippen LogP contribution is 2.24. The minimum atomic E-state index is 0.710. The molecule has 0 spiro atoms. The lowest BCUT2D eigenvalue weighted by molar-refractivity contribution is 0.0685. The van der Waals surface area contributed by atoms with Crippen molar-refractivity contribution in [3.05, 3.63) is 29.3 Å². The second-order valence-electron chi connectivity index (χ2n) is 5.61. The Bertz CT molecular complexity index is 400. The average Bonchev–Trinajstić information content (AvgIpc) is 2.40. The van der Waals surface area contributed by atoms with E-state index < -0.39 is 0 Å². The van der Waals surface area contributed by atoms with E-state index in [4.69, 9.17) is 10.5 Å². The summed E-state index contributed by atoms with van der Waals surface area (Å²) >= 11 is 0. The maximum Gasteiger partial charge on any atom is 0.0469 e. The van der Waals surface area contributed by atoms with Crippen molar-refractivity contribution in [3.8, 4) is 0 Å². The van der Waals surface area contributed by atoms with Gasteiger partial charge in [-0.15, -0.1) is 0 Å². The molecule has 3 heteroatoms. The molecule has 1 aliphatic heterocycles. The number of anilines is 1. The van der Waals surface area contributed by atoms with Crippen molar-refractivity contribution in [2.24, 2.45) is 11.7 Å². The molecule has 0 saturated carbocycles. The lowest BCUT2D eigenvalue weighted by Crippen LogP contribution is -2.30. The molecule has 1 heterocycles. The summed E-state index contributed by atoms with van der Waals surface area (Å²) in [6.07, 6.45) is 3.32. The molecule has 1 fully saturated rings. The van der Waals surface area contributed by atoms with E-state index >= 15 is 0 Å². The van der Waals surface area contributed by atoms with Gasteiger partial charge in [0.25, 0.3) is 0 Å². The Labute approximate surface area is 116 Å². The number of benzene rings is 1. The van der Waals surface area contributed by atoms with Gasteiger partial charge in [-0.3, -0.25) is 0 Å². The summed E-state index contributed by atoms with van der Waals surface area (Å²) in [5.41, 5.74) is 9.75. The molecule has 0 radical (unpaired) electrons. The summed E-state index contributed by atoms with van der Waals surface area (Å²) in [4.78, 5) is 2.39. The third kappa shape index (κ3) is 3.95. The van der Waals surface area contributed by atoms with Crippen LogP contribution < -0.4 is 10.6 Å². The van der Waals surface area contributed by atoms with Gasteiger partial charge in [-0.05, 0) is 50.3 Å². The number of ether oxygens (including phenoxy) is 1. The molecule has 0 unspecified atom stereocenters. The van der Waals surface area contributed by atoms with Crippen LogP contribution >= 0.6 is 0 Å². The summed E-state index contributed by atoms with van der Waals surface area (Å²) in [5, 5.41) is 0. The molecule has 19 heavy (non-hydrogen) atoms. The summed E-state index contributed by atoms with van der Waals surface area (Å²) < 4.78 is 5.43.